The van der Waals surface area contributed by atoms with Crippen LogP contribution in [0.2, 0.25) is 0 Å². The zero-order chi connectivity index (χ0) is 11.5. The molecule has 0 aromatic heterocycles. The number of unbranched alkanes of at least 4 members (excludes halogenated alkanes) is 1. The summed E-state index contributed by atoms with van der Waals surface area (Å²) in [5.41, 5.74) is 0. The number of hydrogen-bond donors (Lipinski definition) is 0. The summed E-state index contributed by atoms with van der Waals surface area (Å²) in [7, 11) is -3.03. The fraction of sp³-hybridized carbons (Fsp3) is 1.00. The Kier molecular flexibility index (Phi) is 4.59. The lowest BCUT2D eigenvalue weighted by atomic mass is 10.3. The van der Waals surface area contributed by atoms with Gasteiger partial charge in [-0.1, -0.05) is 13.3 Å². The lowest BCUT2D eigenvalue weighted by Gasteiger charge is -2.24. The van der Waals surface area contributed by atoms with Gasteiger partial charge < -0.3 is 0 Å². The minimum Gasteiger partial charge on any atom is -0.212 e. The van der Waals surface area contributed by atoms with E-state index >= 15 is 0 Å². The molecule has 0 bridgehead atoms. The molecule has 1 saturated carbocycles. The molecule has 0 aliphatic heterocycles. The van der Waals surface area contributed by atoms with Gasteiger partial charge in [-0.2, -0.15) is 0 Å². The molecule has 0 saturated heterocycles. The second-order valence-corrected chi connectivity index (χ2v) is 7.24. The molecule has 0 aromatic carbocycles. The Balaban J connectivity index is 2.60. The van der Waals surface area contributed by atoms with Gasteiger partial charge in [-0.25, -0.2) is 12.7 Å². The van der Waals surface area contributed by atoms with Gasteiger partial charge in [0, 0.05) is 13.1 Å². The molecule has 0 N–H and O–H groups in total. The molecule has 1 aliphatic rings. The Bertz CT molecular complexity index is 281. The van der Waals surface area contributed by atoms with Crippen LogP contribution < -0.4 is 0 Å². The zero-order valence-corrected chi connectivity index (χ0v) is 10.9. The molecular weight excluding hydrogens is 210 g/mol. The average Bonchev–Trinajstić information content (AvgIpc) is 2.95. The van der Waals surface area contributed by atoms with Gasteiger partial charge in [0.15, 0.2) is 0 Å². The first-order chi connectivity index (χ1) is 6.98. The predicted molar refractivity (Wildman–Crippen MR) is 63.3 cm³/mol. The maximum Gasteiger partial charge on any atom is 0.216 e. The maximum absolute atomic E-state index is 12.0. The second kappa shape index (κ2) is 5.30. The second-order valence-electron chi connectivity index (χ2n) is 4.75. The smallest absolute Gasteiger partial charge is 0.212 e. The number of hydrogen-bond acceptors (Lipinski definition) is 2. The average molecular weight is 233 g/mol. The summed E-state index contributed by atoms with van der Waals surface area (Å²) in [6, 6.07) is 0. The van der Waals surface area contributed by atoms with Crippen molar-refractivity contribution in [2.75, 3.05) is 13.1 Å². The number of sulfonamides is 1. The standard InChI is InChI=1S/C11H23NO2S/c1-4-5-8-12(9-11-6-7-11)15(13,14)10(2)3/h10-11H,4-9H2,1-3H3. The molecule has 0 aromatic rings. The van der Waals surface area contributed by atoms with Crippen molar-refractivity contribution >= 4 is 10.0 Å². The number of rotatable bonds is 7. The molecule has 0 unspecified atom stereocenters. The highest BCUT2D eigenvalue weighted by Gasteiger charge is 2.31. The monoisotopic (exact) mass is 233 g/mol. The summed E-state index contributed by atoms with van der Waals surface area (Å²) < 4.78 is 25.8. The molecule has 1 rings (SSSR count). The van der Waals surface area contributed by atoms with Crippen LogP contribution in [0.1, 0.15) is 46.5 Å². The summed E-state index contributed by atoms with van der Waals surface area (Å²) >= 11 is 0. The highest BCUT2D eigenvalue weighted by atomic mass is 32.2. The van der Waals surface area contributed by atoms with E-state index < -0.39 is 10.0 Å². The first kappa shape index (κ1) is 13.0. The van der Waals surface area contributed by atoms with Crippen molar-refractivity contribution in [1.29, 1.82) is 0 Å². The maximum atomic E-state index is 12.0. The van der Waals surface area contributed by atoms with E-state index in [1.165, 1.54) is 12.8 Å². The van der Waals surface area contributed by atoms with E-state index in [4.69, 9.17) is 0 Å². The third-order valence-electron chi connectivity index (χ3n) is 2.88. The molecule has 1 fully saturated rings. The van der Waals surface area contributed by atoms with Crippen molar-refractivity contribution in [2.24, 2.45) is 5.92 Å². The Hall–Kier alpha value is -0.0900. The van der Waals surface area contributed by atoms with Crippen LogP contribution in [0.25, 0.3) is 0 Å². The van der Waals surface area contributed by atoms with Crippen LogP contribution in [0, 0.1) is 5.92 Å². The highest BCUT2D eigenvalue weighted by Crippen LogP contribution is 2.31. The van der Waals surface area contributed by atoms with Crippen molar-refractivity contribution in [2.45, 2.75) is 51.7 Å². The summed E-state index contributed by atoms with van der Waals surface area (Å²) in [5.74, 6) is 0.635. The molecule has 0 spiro atoms. The van der Waals surface area contributed by atoms with Crippen LogP contribution in [0.4, 0.5) is 0 Å². The molecule has 1 aliphatic carbocycles. The first-order valence-electron chi connectivity index (χ1n) is 5.97. The molecule has 15 heavy (non-hydrogen) atoms. The Morgan fingerprint density at radius 1 is 1.33 bits per heavy atom. The topological polar surface area (TPSA) is 37.4 Å². The Labute approximate surface area is 93.9 Å². The van der Waals surface area contributed by atoms with E-state index in [2.05, 4.69) is 6.92 Å². The van der Waals surface area contributed by atoms with Gasteiger partial charge in [-0.3, -0.25) is 0 Å². The molecule has 4 heteroatoms. The molecule has 90 valence electrons. The quantitative estimate of drug-likeness (QED) is 0.676. The lowest BCUT2D eigenvalue weighted by molar-refractivity contribution is 0.384. The van der Waals surface area contributed by atoms with Gasteiger partial charge in [0.25, 0.3) is 0 Å². The fourth-order valence-electron chi connectivity index (χ4n) is 1.54. The fourth-order valence-corrected chi connectivity index (χ4v) is 2.94. The molecule has 0 atom stereocenters. The van der Waals surface area contributed by atoms with Crippen molar-refractivity contribution in [3.05, 3.63) is 0 Å². The Morgan fingerprint density at radius 3 is 2.33 bits per heavy atom. The molecule has 0 amide bonds. The number of nitrogens with zero attached hydrogens (tertiary/aromatic N) is 1. The van der Waals surface area contributed by atoms with E-state index in [9.17, 15) is 8.42 Å². The van der Waals surface area contributed by atoms with Crippen LogP contribution >= 0.6 is 0 Å². The molecule has 0 heterocycles. The normalized spacial score (nSPS) is 17.7. The van der Waals surface area contributed by atoms with E-state index in [1.807, 2.05) is 0 Å². The van der Waals surface area contributed by atoms with Gasteiger partial charge >= 0.3 is 0 Å². The van der Waals surface area contributed by atoms with Gasteiger partial charge in [0.2, 0.25) is 10.0 Å². The van der Waals surface area contributed by atoms with E-state index in [1.54, 1.807) is 18.2 Å². The van der Waals surface area contributed by atoms with Crippen LogP contribution in [0.15, 0.2) is 0 Å². The molecular formula is C11H23NO2S. The SMILES string of the molecule is CCCCN(CC1CC1)S(=O)(=O)C(C)C. The Morgan fingerprint density at radius 2 is 1.93 bits per heavy atom. The third kappa shape index (κ3) is 3.76. The summed E-state index contributed by atoms with van der Waals surface area (Å²) in [5, 5.41) is -0.284. The first-order valence-corrected chi connectivity index (χ1v) is 7.47. The summed E-state index contributed by atoms with van der Waals surface area (Å²) in [6.45, 7) is 7.08. The van der Waals surface area contributed by atoms with Gasteiger partial charge in [0.05, 0.1) is 5.25 Å². The van der Waals surface area contributed by atoms with Crippen LogP contribution in [0.3, 0.4) is 0 Å². The highest BCUT2D eigenvalue weighted by molar-refractivity contribution is 7.89. The van der Waals surface area contributed by atoms with Crippen molar-refractivity contribution in [1.82, 2.24) is 4.31 Å². The largest absolute Gasteiger partial charge is 0.216 e. The molecule has 0 radical (unpaired) electrons. The van der Waals surface area contributed by atoms with Crippen LogP contribution in [-0.4, -0.2) is 31.1 Å². The van der Waals surface area contributed by atoms with Gasteiger partial charge in [-0.05, 0) is 39.0 Å². The van der Waals surface area contributed by atoms with Crippen molar-refractivity contribution in [3.63, 3.8) is 0 Å². The lowest BCUT2D eigenvalue weighted by Crippen LogP contribution is -2.38. The van der Waals surface area contributed by atoms with E-state index in [0.29, 0.717) is 12.5 Å². The van der Waals surface area contributed by atoms with Crippen LogP contribution in [-0.2, 0) is 10.0 Å². The predicted octanol–water partition coefficient (Wildman–Crippen LogP) is 2.24. The van der Waals surface area contributed by atoms with Crippen LogP contribution in [0.5, 0.6) is 0 Å². The minimum absolute atomic E-state index is 0.284. The van der Waals surface area contributed by atoms with Gasteiger partial charge in [-0.15, -0.1) is 0 Å². The third-order valence-corrected chi connectivity index (χ3v) is 5.12. The van der Waals surface area contributed by atoms with Crippen molar-refractivity contribution < 1.29 is 8.42 Å². The van der Waals surface area contributed by atoms with Gasteiger partial charge in [0.1, 0.15) is 0 Å². The molecule has 3 nitrogen and oxygen atoms in total. The minimum atomic E-state index is -3.03. The zero-order valence-electron chi connectivity index (χ0n) is 10.1. The van der Waals surface area contributed by atoms with E-state index in [0.717, 1.165) is 19.4 Å². The summed E-state index contributed by atoms with van der Waals surface area (Å²) in [4.78, 5) is 0. The van der Waals surface area contributed by atoms with E-state index in [-0.39, 0.29) is 5.25 Å². The van der Waals surface area contributed by atoms with Crippen molar-refractivity contribution in [3.8, 4) is 0 Å². The summed E-state index contributed by atoms with van der Waals surface area (Å²) in [6.07, 6.45) is 4.43.